The van der Waals surface area contributed by atoms with E-state index in [-0.39, 0.29) is 0 Å². The molecule has 0 fully saturated rings. The van der Waals surface area contributed by atoms with Crippen molar-refractivity contribution in [3.63, 3.8) is 0 Å². The van der Waals surface area contributed by atoms with Gasteiger partial charge in [-0.1, -0.05) is 0 Å². The Hall–Kier alpha value is 1.58. The second kappa shape index (κ2) is 6.70. The summed E-state index contributed by atoms with van der Waals surface area (Å²) in [5.74, 6) is 2.67. The molecule has 0 N–H and O–H groups in total. The van der Waals surface area contributed by atoms with Gasteiger partial charge in [-0.15, -0.1) is 0 Å². The van der Waals surface area contributed by atoms with Gasteiger partial charge in [0.05, 0.1) is 0 Å². The van der Waals surface area contributed by atoms with E-state index in [4.69, 9.17) is 0 Å². The minimum absolute atomic E-state index is 0.913. The second-order valence-corrected chi connectivity index (χ2v) is 24.0. The van der Waals surface area contributed by atoms with E-state index < -0.39 is 18.8 Å². The zero-order valence-corrected chi connectivity index (χ0v) is 10.8. The summed E-state index contributed by atoms with van der Waals surface area (Å²) in [7, 11) is 4.44. The third-order valence-corrected chi connectivity index (χ3v) is 21.9. The molecule has 0 aromatic heterocycles. The molecule has 0 aliphatic heterocycles. The third-order valence-electron chi connectivity index (χ3n) is 0.622. The molecule has 0 aromatic rings. The van der Waals surface area contributed by atoms with Crippen molar-refractivity contribution in [2.45, 2.75) is 18.5 Å². The summed E-state index contributed by atoms with van der Waals surface area (Å²) < 4.78 is 2.47. The Morgan fingerprint density at radius 2 is 1.50 bits per heavy atom. The normalized spacial score (nSPS) is 10.5. The molecule has 0 aliphatic rings. The fourth-order valence-electron chi connectivity index (χ4n) is 0.401. The summed E-state index contributed by atoms with van der Waals surface area (Å²) in [5, 5.41) is 0. The predicted molar refractivity (Wildman–Crippen MR) is 47.9 cm³/mol. The molecule has 0 nitrogen and oxygen atoms in total. The summed E-state index contributed by atoms with van der Waals surface area (Å²) in [6.07, 6.45) is 0. The fraction of sp³-hybridized carbons (Fsp3) is 1.00. The zero-order chi connectivity index (χ0) is 6.41. The average Bonchev–Trinajstić information content (AvgIpc) is 1.68. The van der Waals surface area contributed by atoms with E-state index in [1.807, 2.05) is 0 Å². The molecule has 3 heteroatoms. The SMILES string of the molecule is CC[S][Bi]([CH3])[S]CC. The molecular weight excluding hydrogens is 333 g/mol. The van der Waals surface area contributed by atoms with Gasteiger partial charge in [0.15, 0.2) is 0 Å². The molecule has 0 rings (SSSR count). The number of hydrogen-bond acceptors (Lipinski definition) is 2. The monoisotopic (exact) mass is 346 g/mol. The summed E-state index contributed by atoms with van der Waals surface area (Å²) >= 11 is -0.913. The molecule has 0 atom stereocenters. The van der Waals surface area contributed by atoms with Crippen LogP contribution < -0.4 is 0 Å². The predicted octanol–water partition coefficient (Wildman–Crippen LogP) is 2.61. The summed E-state index contributed by atoms with van der Waals surface area (Å²) in [4.78, 5) is 0. The molecule has 0 saturated heterocycles. The minimum atomic E-state index is -0.913. The van der Waals surface area contributed by atoms with E-state index in [0.29, 0.717) is 0 Å². The van der Waals surface area contributed by atoms with E-state index in [1.54, 1.807) is 0 Å². The van der Waals surface area contributed by atoms with Crippen LogP contribution >= 0.6 is 17.0 Å². The Bertz CT molecular complexity index is 43.7. The summed E-state index contributed by atoms with van der Waals surface area (Å²) in [6, 6.07) is 0. The van der Waals surface area contributed by atoms with Gasteiger partial charge in [-0.05, 0) is 0 Å². The van der Waals surface area contributed by atoms with Gasteiger partial charge in [-0.2, -0.15) is 0 Å². The van der Waals surface area contributed by atoms with Gasteiger partial charge in [-0.3, -0.25) is 0 Å². The molecule has 0 bridgehead atoms. The molecule has 8 heavy (non-hydrogen) atoms. The zero-order valence-electron chi connectivity index (χ0n) is 5.68. The molecule has 0 amide bonds. The first-order valence-corrected chi connectivity index (χ1v) is 16.7. The van der Waals surface area contributed by atoms with Crippen LogP contribution in [0.1, 0.15) is 13.8 Å². The van der Waals surface area contributed by atoms with Crippen LogP contribution in [0.2, 0.25) is 4.63 Å². The number of hydrogen-bond donors (Lipinski definition) is 0. The van der Waals surface area contributed by atoms with Crippen molar-refractivity contribution >= 4 is 35.9 Å². The van der Waals surface area contributed by atoms with Crippen molar-refractivity contribution in [2.24, 2.45) is 0 Å². The Morgan fingerprint density at radius 1 is 1.12 bits per heavy atom. The van der Waals surface area contributed by atoms with Crippen LogP contribution in [-0.4, -0.2) is 30.3 Å². The summed E-state index contributed by atoms with van der Waals surface area (Å²) in [6.45, 7) is 4.51. The van der Waals surface area contributed by atoms with Crippen molar-refractivity contribution in [3.8, 4) is 0 Å². The van der Waals surface area contributed by atoms with Gasteiger partial charge in [0.2, 0.25) is 0 Å². The Kier molecular flexibility index (Phi) is 8.03. The average molecular weight is 346 g/mol. The third kappa shape index (κ3) is 5.71. The molecule has 0 aliphatic carbocycles. The van der Waals surface area contributed by atoms with Crippen molar-refractivity contribution in [2.75, 3.05) is 11.5 Å². The van der Waals surface area contributed by atoms with E-state index in [1.165, 1.54) is 11.5 Å². The topological polar surface area (TPSA) is 0 Å². The van der Waals surface area contributed by atoms with E-state index >= 15 is 0 Å². The fourth-order valence-corrected chi connectivity index (χ4v) is 18.1. The molecule has 0 radical (unpaired) electrons. The Morgan fingerprint density at radius 3 is 1.75 bits per heavy atom. The molecule has 50 valence electrons. The first-order chi connectivity index (χ1) is 3.81. The molecule has 0 heterocycles. The van der Waals surface area contributed by atoms with Gasteiger partial charge < -0.3 is 0 Å². The van der Waals surface area contributed by atoms with Crippen LogP contribution in [0.3, 0.4) is 0 Å². The molecule has 0 saturated carbocycles. The Labute approximate surface area is 65.4 Å². The Balaban J connectivity index is 2.92. The van der Waals surface area contributed by atoms with Crippen molar-refractivity contribution in [1.29, 1.82) is 0 Å². The standard InChI is InChI=1S/2C2H6S.CH3.Bi/c2*1-2-3;;/h2*3H,2H2,1H3;1H3;/q;;;+2/p-2. The van der Waals surface area contributed by atoms with Crippen molar-refractivity contribution < 1.29 is 0 Å². The van der Waals surface area contributed by atoms with Crippen LogP contribution in [0.25, 0.3) is 0 Å². The van der Waals surface area contributed by atoms with Gasteiger partial charge in [0, 0.05) is 0 Å². The quantitative estimate of drug-likeness (QED) is 0.718. The molecule has 0 unspecified atom stereocenters. The van der Waals surface area contributed by atoms with Gasteiger partial charge in [0.1, 0.15) is 0 Å². The van der Waals surface area contributed by atoms with Crippen molar-refractivity contribution in [3.05, 3.63) is 0 Å². The van der Waals surface area contributed by atoms with Crippen molar-refractivity contribution in [1.82, 2.24) is 0 Å². The molecular formula is C5H13BiS2. The van der Waals surface area contributed by atoms with E-state index in [2.05, 4.69) is 35.5 Å². The first kappa shape index (κ1) is 9.58. The first-order valence-electron chi connectivity index (χ1n) is 2.80. The van der Waals surface area contributed by atoms with Gasteiger partial charge >= 0.3 is 65.8 Å². The number of rotatable bonds is 4. The molecule has 0 aromatic carbocycles. The van der Waals surface area contributed by atoms with Gasteiger partial charge in [-0.25, -0.2) is 0 Å². The van der Waals surface area contributed by atoms with E-state index in [9.17, 15) is 0 Å². The van der Waals surface area contributed by atoms with E-state index in [0.717, 1.165) is 0 Å². The summed E-state index contributed by atoms with van der Waals surface area (Å²) in [5.41, 5.74) is 0. The maximum absolute atomic E-state index is 2.47. The van der Waals surface area contributed by atoms with Crippen LogP contribution in [0.5, 0.6) is 0 Å². The second-order valence-electron chi connectivity index (χ2n) is 1.28. The molecule has 0 spiro atoms. The van der Waals surface area contributed by atoms with Crippen LogP contribution in [0, 0.1) is 0 Å². The maximum atomic E-state index is 2.47. The van der Waals surface area contributed by atoms with Gasteiger partial charge in [0.25, 0.3) is 0 Å². The van der Waals surface area contributed by atoms with Crippen LogP contribution in [0.4, 0.5) is 0 Å². The van der Waals surface area contributed by atoms with Crippen LogP contribution in [-0.2, 0) is 0 Å². The van der Waals surface area contributed by atoms with Crippen LogP contribution in [0.15, 0.2) is 0 Å².